The van der Waals surface area contributed by atoms with Crippen molar-refractivity contribution in [1.29, 1.82) is 0 Å². The third-order valence-electron chi connectivity index (χ3n) is 3.39. The van der Waals surface area contributed by atoms with Crippen molar-refractivity contribution in [2.75, 3.05) is 19.0 Å². The molecule has 0 radical (unpaired) electrons. The van der Waals surface area contributed by atoms with Crippen LogP contribution < -0.4 is 10.2 Å². The molecule has 0 saturated carbocycles. The molecule has 0 bridgehead atoms. The molecule has 1 aromatic carbocycles. The molecule has 0 aliphatic rings. The first-order valence-electron chi connectivity index (χ1n) is 6.60. The van der Waals surface area contributed by atoms with Gasteiger partial charge < -0.3 is 14.6 Å². The summed E-state index contributed by atoms with van der Waals surface area (Å²) in [6.45, 7) is 5.88. The van der Waals surface area contributed by atoms with Crippen LogP contribution in [0, 0.1) is 13.8 Å². The van der Waals surface area contributed by atoms with Gasteiger partial charge in [0.25, 0.3) is 0 Å². The topological polar surface area (TPSA) is 28.4 Å². The first kappa shape index (κ1) is 13.7. The molecule has 3 heteroatoms. The highest BCUT2D eigenvalue weighted by atomic mass is 16.3. The van der Waals surface area contributed by atoms with Crippen LogP contribution in [0.3, 0.4) is 0 Å². The van der Waals surface area contributed by atoms with Crippen molar-refractivity contribution in [3.05, 3.63) is 53.0 Å². The highest BCUT2D eigenvalue weighted by Crippen LogP contribution is 2.23. The number of nitrogens with one attached hydrogen (secondary N) is 1. The van der Waals surface area contributed by atoms with Crippen LogP contribution in [0.4, 0.5) is 5.69 Å². The Kier molecular flexibility index (Phi) is 4.27. The largest absolute Gasteiger partial charge is 0.469 e. The van der Waals surface area contributed by atoms with E-state index in [1.54, 1.807) is 6.26 Å². The van der Waals surface area contributed by atoms with E-state index in [1.807, 2.05) is 20.0 Å². The molecule has 2 rings (SSSR count). The van der Waals surface area contributed by atoms with Crippen LogP contribution in [-0.2, 0) is 13.1 Å². The first-order valence-corrected chi connectivity index (χ1v) is 6.60. The molecular weight excluding hydrogens is 236 g/mol. The van der Waals surface area contributed by atoms with Crippen molar-refractivity contribution in [2.24, 2.45) is 0 Å². The maximum Gasteiger partial charge on any atom is 0.105 e. The highest BCUT2D eigenvalue weighted by Gasteiger charge is 2.10. The van der Waals surface area contributed by atoms with E-state index in [-0.39, 0.29) is 0 Å². The van der Waals surface area contributed by atoms with Gasteiger partial charge in [0.05, 0.1) is 6.26 Å². The zero-order valence-corrected chi connectivity index (χ0v) is 12.2. The van der Waals surface area contributed by atoms with Crippen LogP contribution in [0.1, 0.15) is 22.5 Å². The van der Waals surface area contributed by atoms with Gasteiger partial charge in [-0.1, -0.05) is 17.7 Å². The Morgan fingerprint density at radius 3 is 2.58 bits per heavy atom. The van der Waals surface area contributed by atoms with E-state index in [4.69, 9.17) is 4.42 Å². The Morgan fingerprint density at radius 2 is 1.95 bits per heavy atom. The van der Waals surface area contributed by atoms with Crippen molar-refractivity contribution in [2.45, 2.75) is 26.9 Å². The van der Waals surface area contributed by atoms with E-state index in [9.17, 15) is 0 Å². The molecule has 0 unspecified atom stereocenters. The second-order valence-corrected chi connectivity index (χ2v) is 5.02. The molecule has 2 aromatic rings. The Hall–Kier alpha value is -1.74. The molecule has 19 heavy (non-hydrogen) atoms. The SMILES string of the molecule is CNCc1cc(C)ccc1N(C)Cc1ccoc1C. The van der Waals surface area contributed by atoms with Gasteiger partial charge in [-0.05, 0) is 38.6 Å². The zero-order chi connectivity index (χ0) is 13.8. The lowest BCUT2D eigenvalue weighted by atomic mass is 10.1. The minimum absolute atomic E-state index is 0.863. The normalized spacial score (nSPS) is 10.7. The van der Waals surface area contributed by atoms with Crippen molar-refractivity contribution in [1.82, 2.24) is 5.32 Å². The highest BCUT2D eigenvalue weighted by molar-refractivity contribution is 5.54. The quantitative estimate of drug-likeness (QED) is 0.892. The van der Waals surface area contributed by atoms with E-state index in [0.29, 0.717) is 0 Å². The molecular formula is C16H22N2O. The molecule has 0 atom stereocenters. The summed E-state index contributed by atoms with van der Waals surface area (Å²) in [5, 5.41) is 3.23. The minimum Gasteiger partial charge on any atom is -0.469 e. The molecule has 1 heterocycles. The average molecular weight is 258 g/mol. The minimum atomic E-state index is 0.863. The summed E-state index contributed by atoms with van der Waals surface area (Å²) in [5.74, 6) is 0.995. The van der Waals surface area contributed by atoms with Gasteiger partial charge in [0.2, 0.25) is 0 Å². The summed E-state index contributed by atoms with van der Waals surface area (Å²) in [5.41, 5.74) is 5.12. The average Bonchev–Trinajstić information content (AvgIpc) is 2.75. The standard InChI is InChI=1S/C16H22N2O/c1-12-5-6-16(15(9-12)10-17-3)18(4)11-14-7-8-19-13(14)2/h5-9,17H,10-11H2,1-4H3. The number of benzene rings is 1. The van der Waals surface area contributed by atoms with Crippen LogP contribution in [0.5, 0.6) is 0 Å². The van der Waals surface area contributed by atoms with Crippen molar-refractivity contribution in [3.8, 4) is 0 Å². The Labute approximate surface area is 115 Å². The van der Waals surface area contributed by atoms with Gasteiger partial charge in [-0.15, -0.1) is 0 Å². The van der Waals surface area contributed by atoms with Gasteiger partial charge in [-0.25, -0.2) is 0 Å². The van der Waals surface area contributed by atoms with Crippen LogP contribution in [0.2, 0.25) is 0 Å². The maximum atomic E-state index is 5.36. The fraction of sp³-hybridized carbons (Fsp3) is 0.375. The third-order valence-corrected chi connectivity index (χ3v) is 3.39. The lowest BCUT2D eigenvalue weighted by Crippen LogP contribution is -2.19. The van der Waals surface area contributed by atoms with E-state index < -0.39 is 0 Å². The molecule has 0 aliphatic heterocycles. The molecule has 0 saturated heterocycles. The summed E-state index contributed by atoms with van der Waals surface area (Å²) >= 11 is 0. The lowest BCUT2D eigenvalue weighted by molar-refractivity contribution is 0.529. The van der Waals surface area contributed by atoms with Crippen molar-refractivity contribution < 1.29 is 4.42 Å². The second-order valence-electron chi connectivity index (χ2n) is 5.02. The zero-order valence-electron chi connectivity index (χ0n) is 12.2. The first-order chi connectivity index (χ1) is 9.11. The van der Waals surface area contributed by atoms with E-state index in [2.05, 4.69) is 42.4 Å². The lowest BCUT2D eigenvalue weighted by Gasteiger charge is -2.23. The molecule has 0 fully saturated rings. The number of nitrogens with zero attached hydrogens (tertiary/aromatic N) is 1. The van der Waals surface area contributed by atoms with Crippen LogP contribution in [0.25, 0.3) is 0 Å². The van der Waals surface area contributed by atoms with Gasteiger partial charge in [0.1, 0.15) is 5.76 Å². The third kappa shape index (κ3) is 3.18. The van der Waals surface area contributed by atoms with Crippen LogP contribution in [-0.4, -0.2) is 14.1 Å². The number of aryl methyl sites for hydroxylation is 2. The monoisotopic (exact) mass is 258 g/mol. The maximum absolute atomic E-state index is 5.36. The summed E-state index contributed by atoms with van der Waals surface area (Å²) in [7, 11) is 4.10. The second kappa shape index (κ2) is 5.93. The molecule has 1 N–H and O–H groups in total. The number of rotatable bonds is 5. The fourth-order valence-corrected chi connectivity index (χ4v) is 2.33. The molecule has 3 nitrogen and oxygen atoms in total. The van der Waals surface area contributed by atoms with Gasteiger partial charge in [0.15, 0.2) is 0 Å². The molecule has 1 aromatic heterocycles. The van der Waals surface area contributed by atoms with Crippen molar-refractivity contribution in [3.63, 3.8) is 0 Å². The van der Waals surface area contributed by atoms with Crippen molar-refractivity contribution >= 4 is 5.69 Å². The van der Waals surface area contributed by atoms with Gasteiger partial charge in [-0.3, -0.25) is 0 Å². The Bertz CT molecular complexity index is 545. The fourth-order valence-electron chi connectivity index (χ4n) is 2.33. The molecule has 0 amide bonds. The smallest absolute Gasteiger partial charge is 0.105 e. The summed E-state index contributed by atoms with van der Waals surface area (Å²) in [6, 6.07) is 8.63. The summed E-state index contributed by atoms with van der Waals surface area (Å²) < 4.78 is 5.36. The number of hydrogen-bond acceptors (Lipinski definition) is 3. The Balaban J connectivity index is 2.23. The van der Waals surface area contributed by atoms with Crippen LogP contribution in [0.15, 0.2) is 34.9 Å². The summed E-state index contributed by atoms with van der Waals surface area (Å²) in [6.07, 6.45) is 1.75. The van der Waals surface area contributed by atoms with Crippen LogP contribution >= 0.6 is 0 Å². The van der Waals surface area contributed by atoms with Gasteiger partial charge in [-0.2, -0.15) is 0 Å². The van der Waals surface area contributed by atoms with E-state index in [1.165, 1.54) is 22.4 Å². The van der Waals surface area contributed by atoms with Gasteiger partial charge >= 0.3 is 0 Å². The molecule has 0 spiro atoms. The van der Waals surface area contributed by atoms with E-state index >= 15 is 0 Å². The van der Waals surface area contributed by atoms with E-state index in [0.717, 1.165) is 18.8 Å². The summed E-state index contributed by atoms with van der Waals surface area (Å²) in [4.78, 5) is 2.27. The number of anilines is 1. The predicted octanol–water partition coefficient (Wildman–Crippen LogP) is 3.25. The predicted molar refractivity (Wildman–Crippen MR) is 79.5 cm³/mol. The molecule has 0 aliphatic carbocycles. The number of hydrogen-bond donors (Lipinski definition) is 1. The number of furan rings is 1. The Morgan fingerprint density at radius 1 is 1.16 bits per heavy atom. The van der Waals surface area contributed by atoms with Gasteiger partial charge in [0, 0.05) is 31.4 Å². The molecule has 102 valence electrons.